The van der Waals surface area contributed by atoms with E-state index in [0.717, 1.165) is 38.6 Å². The Kier molecular flexibility index (Phi) is 3.19. The third-order valence-corrected chi connectivity index (χ3v) is 3.03. The van der Waals surface area contributed by atoms with Crippen LogP contribution in [0.4, 0.5) is 0 Å². The molecule has 13 heavy (non-hydrogen) atoms. The lowest BCUT2D eigenvalue weighted by Gasteiger charge is -2.33. The van der Waals surface area contributed by atoms with Gasteiger partial charge in [-0.1, -0.05) is 0 Å². The van der Waals surface area contributed by atoms with E-state index >= 15 is 0 Å². The van der Waals surface area contributed by atoms with E-state index in [1.165, 1.54) is 12.8 Å². The monoisotopic (exact) mass is 185 g/mol. The lowest BCUT2D eigenvalue weighted by Crippen LogP contribution is -2.42. The normalized spacial score (nSPS) is 25.4. The first-order valence-electron chi connectivity index (χ1n) is 5.36. The topological polar surface area (TPSA) is 32.7 Å². The van der Waals surface area contributed by atoms with Crippen molar-refractivity contribution < 1.29 is 9.84 Å². The van der Waals surface area contributed by atoms with Crippen LogP contribution in [0.15, 0.2) is 0 Å². The second kappa shape index (κ2) is 4.40. The number of hydrogen-bond acceptors (Lipinski definition) is 3. The zero-order valence-electron chi connectivity index (χ0n) is 8.11. The predicted octanol–water partition coefficient (Wildman–Crippen LogP) is 0.622. The average molecular weight is 185 g/mol. The quantitative estimate of drug-likeness (QED) is 0.697. The standard InChI is InChI=1S/C10H19NO2/c12-6-5-11(9-1-2-9)10-3-7-13-8-4-10/h9-10,12H,1-8H2. The Balaban J connectivity index is 1.84. The summed E-state index contributed by atoms with van der Waals surface area (Å²) in [5.74, 6) is 0. The minimum Gasteiger partial charge on any atom is -0.395 e. The lowest BCUT2D eigenvalue weighted by atomic mass is 10.1. The largest absolute Gasteiger partial charge is 0.395 e. The van der Waals surface area contributed by atoms with Crippen LogP contribution in [-0.2, 0) is 4.74 Å². The average Bonchev–Trinajstić information content (AvgIpc) is 2.99. The Morgan fingerprint density at radius 3 is 2.23 bits per heavy atom. The fraction of sp³-hybridized carbons (Fsp3) is 1.00. The summed E-state index contributed by atoms with van der Waals surface area (Å²) in [7, 11) is 0. The summed E-state index contributed by atoms with van der Waals surface area (Å²) >= 11 is 0. The maximum Gasteiger partial charge on any atom is 0.0558 e. The molecule has 0 unspecified atom stereocenters. The zero-order valence-corrected chi connectivity index (χ0v) is 8.11. The van der Waals surface area contributed by atoms with Gasteiger partial charge in [-0.05, 0) is 25.7 Å². The Labute approximate surface area is 79.7 Å². The van der Waals surface area contributed by atoms with Crippen molar-refractivity contribution in [2.45, 2.75) is 37.8 Å². The minimum atomic E-state index is 0.299. The fourth-order valence-electron chi connectivity index (χ4n) is 2.20. The van der Waals surface area contributed by atoms with Crippen molar-refractivity contribution in [2.75, 3.05) is 26.4 Å². The molecule has 0 aromatic carbocycles. The van der Waals surface area contributed by atoms with Gasteiger partial charge in [0.1, 0.15) is 0 Å². The molecule has 3 heteroatoms. The molecule has 2 rings (SSSR count). The summed E-state index contributed by atoms with van der Waals surface area (Å²) < 4.78 is 5.34. The second-order valence-electron chi connectivity index (χ2n) is 4.04. The van der Waals surface area contributed by atoms with Crippen LogP contribution in [0.1, 0.15) is 25.7 Å². The molecule has 1 saturated heterocycles. The van der Waals surface area contributed by atoms with E-state index in [0.29, 0.717) is 12.6 Å². The van der Waals surface area contributed by atoms with E-state index in [2.05, 4.69) is 4.90 Å². The number of hydrogen-bond donors (Lipinski definition) is 1. The van der Waals surface area contributed by atoms with Gasteiger partial charge in [-0.3, -0.25) is 4.90 Å². The molecular formula is C10H19NO2. The SMILES string of the molecule is OCCN(C1CCOCC1)C1CC1. The first-order chi connectivity index (χ1) is 6.42. The first kappa shape index (κ1) is 9.44. The minimum absolute atomic E-state index is 0.299. The smallest absolute Gasteiger partial charge is 0.0558 e. The van der Waals surface area contributed by atoms with Gasteiger partial charge in [0.2, 0.25) is 0 Å². The highest BCUT2D eigenvalue weighted by atomic mass is 16.5. The van der Waals surface area contributed by atoms with Gasteiger partial charge in [-0.15, -0.1) is 0 Å². The van der Waals surface area contributed by atoms with E-state index < -0.39 is 0 Å². The molecule has 0 spiro atoms. The first-order valence-corrected chi connectivity index (χ1v) is 5.36. The molecule has 2 fully saturated rings. The van der Waals surface area contributed by atoms with Crippen LogP contribution in [0.25, 0.3) is 0 Å². The molecule has 1 heterocycles. The number of rotatable bonds is 4. The van der Waals surface area contributed by atoms with Crippen molar-refractivity contribution >= 4 is 0 Å². The van der Waals surface area contributed by atoms with E-state index in [1.807, 2.05) is 0 Å². The van der Waals surface area contributed by atoms with E-state index in [-0.39, 0.29) is 0 Å². The Morgan fingerprint density at radius 2 is 1.69 bits per heavy atom. The van der Waals surface area contributed by atoms with Gasteiger partial charge < -0.3 is 9.84 Å². The van der Waals surface area contributed by atoms with Crippen LogP contribution in [0.2, 0.25) is 0 Å². The molecule has 0 atom stereocenters. The lowest BCUT2D eigenvalue weighted by molar-refractivity contribution is 0.0247. The van der Waals surface area contributed by atoms with Gasteiger partial charge in [0.15, 0.2) is 0 Å². The van der Waals surface area contributed by atoms with Crippen molar-refractivity contribution in [1.82, 2.24) is 4.90 Å². The molecule has 76 valence electrons. The van der Waals surface area contributed by atoms with Crippen molar-refractivity contribution in [3.8, 4) is 0 Å². The molecule has 0 radical (unpaired) electrons. The molecular weight excluding hydrogens is 166 g/mol. The second-order valence-corrected chi connectivity index (χ2v) is 4.04. The molecule has 1 aliphatic carbocycles. The van der Waals surface area contributed by atoms with Crippen LogP contribution in [0.3, 0.4) is 0 Å². The highest BCUT2D eigenvalue weighted by Crippen LogP contribution is 2.30. The fourth-order valence-corrected chi connectivity index (χ4v) is 2.20. The summed E-state index contributed by atoms with van der Waals surface area (Å²) in [5.41, 5.74) is 0. The molecule has 0 aromatic heterocycles. The zero-order chi connectivity index (χ0) is 9.10. The van der Waals surface area contributed by atoms with Gasteiger partial charge >= 0.3 is 0 Å². The molecule has 0 aromatic rings. The highest BCUT2D eigenvalue weighted by Gasteiger charge is 2.33. The number of nitrogens with zero attached hydrogens (tertiary/aromatic N) is 1. The number of aliphatic hydroxyl groups is 1. The van der Waals surface area contributed by atoms with Crippen molar-refractivity contribution in [3.05, 3.63) is 0 Å². The van der Waals surface area contributed by atoms with Gasteiger partial charge in [-0.2, -0.15) is 0 Å². The highest BCUT2D eigenvalue weighted by molar-refractivity contribution is 4.89. The third-order valence-electron chi connectivity index (χ3n) is 3.03. The van der Waals surface area contributed by atoms with Crippen LogP contribution in [-0.4, -0.2) is 48.5 Å². The molecule has 1 saturated carbocycles. The summed E-state index contributed by atoms with van der Waals surface area (Å²) in [5, 5.41) is 8.97. The van der Waals surface area contributed by atoms with Crippen LogP contribution in [0.5, 0.6) is 0 Å². The maximum absolute atomic E-state index is 8.97. The van der Waals surface area contributed by atoms with Crippen molar-refractivity contribution in [3.63, 3.8) is 0 Å². The molecule has 2 aliphatic rings. The van der Waals surface area contributed by atoms with E-state index in [1.54, 1.807) is 0 Å². The van der Waals surface area contributed by atoms with Gasteiger partial charge in [0.25, 0.3) is 0 Å². The summed E-state index contributed by atoms with van der Waals surface area (Å²) in [4.78, 5) is 2.49. The third kappa shape index (κ3) is 2.42. The molecule has 1 aliphatic heterocycles. The molecule has 1 N–H and O–H groups in total. The van der Waals surface area contributed by atoms with Gasteiger partial charge in [0.05, 0.1) is 6.61 Å². The van der Waals surface area contributed by atoms with Crippen molar-refractivity contribution in [2.24, 2.45) is 0 Å². The molecule has 0 bridgehead atoms. The van der Waals surface area contributed by atoms with Crippen molar-refractivity contribution in [1.29, 1.82) is 0 Å². The Hall–Kier alpha value is -0.120. The Morgan fingerprint density at radius 1 is 1.08 bits per heavy atom. The summed E-state index contributed by atoms with van der Waals surface area (Å²) in [6.07, 6.45) is 4.96. The van der Waals surface area contributed by atoms with E-state index in [9.17, 15) is 0 Å². The molecule has 3 nitrogen and oxygen atoms in total. The summed E-state index contributed by atoms with van der Waals surface area (Å²) in [6.45, 7) is 2.96. The molecule has 0 amide bonds. The van der Waals surface area contributed by atoms with Crippen LogP contribution in [0, 0.1) is 0 Å². The van der Waals surface area contributed by atoms with Crippen LogP contribution >= 0.6 is 0 Å². The summed E-state index contributed by atoms with van der Waals surface area (Å²) in [6, 6.07) is 1.45. The van der Waals surface area contributed by atoms with E-state index in [4.69, 9.17) is 9.84 Å². The Bertz CT molecular complexity index is 153. The number of ether oxygens (including phenoxy) is 1. The predicted molar refractivity (Wildman–Crippen MR) is 50.7 cm³/mol. The van der Waals surface area contributed by atoms with Gasteiger partial charge in [-0.25, -0.2) is 0 Å². The van der Waals surface area contributed by atoms with Gasteiger partial charge in [0, 0.05) is 31.8 Å². The maximum atomic E-state index is 8.97. The van der Waals surface area contributed by atoms with Crippen LogP contribution < -0.4 is 0 Å². The number of aliphatic hydroxyl groups excluding tert-OH is 1.